The number of carbonyl (C=O) groups excluding carboxylic acids is 1. The minimum absolute atomic E-state index is 0.225. The van der Waals surface area contributed by atoms with Gasteiger partial charge in [0.1, 0.15) is 5.54 Å². The van der Waals surface area contributed by atoms with E-state index < -0.39 is 5.54 Å². The molecule has 3 rings (SSSR count). The van der Waals surface area contributed by atoms with Gasteiger partial charge in [0.25, 0.3) is 5.91 Å². The van der Waals surface area contributed by atoms with Crippen LogP contribution in [0.3, 0.4) is 0 Å². The second-order valence-corrected chi connectivity index (χ2v) is 8.41. The topological polar surface area (TPSA) is 64.7 Å². The van der Waals surface area contributed by atoms with E-state index >= 15 is 0 Å². The van der Waals surface area contributed by atoms with Crippen LogP contribution in [0.25, 0.3) is 0 Å². The van der Waals surface area contributed by atoms with Gasteiger partial charge in [0, 0.05) is 17.4 Å². The van der Waals surface area contributed by atoms with Crippen LogP contribution in [-0.2, 0) is 16.9 Å². The number of aromatic nitrogens is 4. The molecule has 0 saturated carbocycles. The maximum atomic E-state index is 12.7. The smallest absolute Gasteiger partial charge is 0.253 e. The van der Waals surface area contributed by atoms with Gasteiger partial charge < -0.3 is 5.32 Å². The molecule has 0 spiro atoms. The molecule has 2 heterocycles. The van der Waals surface area contributed by atoms with Gasteiger partial charge in [0.2, 0.25) is 0 Å². The van der Waals surface area contributed by atoms with E-state index in [-0.39, 0.29) is 5.91 Å². The van der Waals surface area contributed by atoms with E-state index in [2.05, 4.69) is 47.4 Å². The Morgan fingerprint density at radius 1 is 1.27 bits per heavy atom. The summed E-state index contributed by atoms with van der Waals surface area (Å²) in [5.41, 5.74) is 0.0709. The van der Waals surface area contributed by atoms with Crippen molar-refractivity contribution in [1.82, 2.24) is 19.6 Å². The first kappa shape index (κ1) is 19.1. The maximum Gasteiger partial charge on any atom is 0.253 e. The van der Waals surface area contributed by atoms with Crippen molar-refractivity contribution in [2.75, 3.05) is 5.32 Å². The number of halogens is 3. The highest BCUT2D eigenvalue weighted by Crippen LogP contribution is 2.25. The third-order valence-corrected chi connectivity index (χ3v) is 5.28. The molecule has 2 aromatic heterocycles. The normalized spacial score (nSPS) is 11.6. The third kappa shape index (κ3) is 4.02. The molecule has 0 unspecified atom stereocenters. The maximum absolute atomic E-state index is 12.7. The Hall–Kier alpha value is -1.64. The fourth-order valence-electron chi connectivity index (χ4n) is 2.33. The lowest BCUT2D eigenvalue weighted by Crippen LogP contribution is -2.40. The van der Waals surface area contributed by atoms with Gasteiger partial charge in [-0.25, -0.2) is 0 Å². The Bertz CT molecular complexity index is 950. The number of rotatable bonds is 5. The van der Waals surface area contributed by atoms with Gasteiger partial charge in [-0.1, -0.05) is 29.8 Å². The van der Waals surface area contributed by atoms with Crippen LogP contribution in [0.2, 0.25) is 5.02 Å². The molecule has 1 amide bonds. The van der Waals surface area contributed by atoms with Crippen molar-refractivity contribution < 1.29 is 4.79 Å². The van der Waals surface area contributed by atoms with Crippen LogP contribution in [0.15, 0.2) is 51.8 Å². The molecule has 0 aliphatic rings. The van der Waals surface area contributed by atoms with E-state index in [1.807, 2.05) is 24.3 Å². The summed E-state index contributed by atoms with van der Waals surface area (Å²) < 4.78 is 4.82. The summed E-state index contributed by atoms with van der Waals surface area (Å²) in [6.07, 6.45) is 5.20. The molecule has 6 nitrogen and oxygen atoms in total. The summed E-state index contributed by atoms with van der Waals surface area (Å²) in [6.45, 7) is 4.08. The van der Waals surface area contributed by atoms with Crippen LogP contribution in [0.4, 0.5) is 5.82 Å². The number of nitrogens with zero attached hydrogens (tertiary/aromatic N) is 4. The van der Waals surface area contributed by atoms with Gasteiger partial charge >= 0.3 is 0 Å². The molecule has 0 aliphatic carbocycles. The summed E-state index contributed by atoms with van der Waals surface area (Å²) in [6, 6.07) is 7.58. The molecule has 1 N–H and O–H groups in total. The lowest BCUT2D eigenvalue weighted by Gasteiger charge is -2.23. The van der Waals surface area contributed by atoms with Crippen LogP contribution in [0, 0.1) is 0 Å². The van der Waals surface area contributed by atoms with Gasteiger partial charge in [0.15, 0.2) is 5.82 Å². The van der Waals surface area contributed by atoms with E-state index in [0.29, 0.717) is 21.9 Å². The molecule has 1 aromatic carbocycles. The van der Waals surface area contributed by atoms with E-state index in [9.17, 15) is 4.79 Å². The van der Waals surface area contributed by atoms with Crippen molar-refractivity contribution in [1.29, 1.82) is 0 Å². The number of carbonyl (C=O) groups is 1. The van der Waals surface area contributed by atoms with Gasteiger partial charge in [-0.3, -0.25) is 14.2 Å². The summed E-state index contributed by atoms with van der Waals surface area (Å²) in [4.78, 5) is 12.7. The molecule has 0 fully saturated rings. The average Bonchev–Trinajstić information content (AvgIpc) is 3.16. The minimum atomic E-state index is -0.877. The van der Waals surface area contributed by atoms with Crippen molar-refractivity contribution >= 4 is 55.2 Å². The van der Waals surface area contributed by atoms with Crippen LogP contribution in [-0.4, -0.2) is 25.5 Å². The molecular weight excluding hydrogens is 485 g/mol. The Kier molecular flexibility index (Phi) is 5.55. The van der Waals surface area contributed by atoms with E-state index in [1.54, 1.807) is 41.8 Å². The fraction of sp³-hybridized carbons (Fsp3) is 0.235. The predicted molar refractivity (Wildman–Crippen MR) is 108 cm³/mol. The van der Waals surface area contributed by atoms with Crippen LogP contribution in [0.1, 0.15) is 19.4 Å². The van der Waals surface area contributed by atoms with Crippen molar-refractivity contribution in [3.05, 3.63) is 62.4 Å². The van der Waals surface area contributed by atoms with E-state index in [0.717, 1.165) is 10.0 Å². The number of amides is 1. The Balaban J connectivity index is 1.77. The van der Waals surface area contributed by atoms with Gasteiger partial charge in [-0.05, 0) is 57.3 Å². The average molecular weight is 502 g/mol. The van der Waals surface area contributed by atoms with Gasteiger partial charge in [0.05, 0.1) is 21.7 Å². The second kappa shape index (κ2) is 7.54. The molecule has 0 radical (unpaired) electrons. The largest absolute Gasteiger partial charge is 0.306 e. The molecule has 0 bridgehead atoms. The van der Waals surface area contributed by atoms with Crippen molar-refractivity contribution in [2.45, 2.75) is 25.9 Å². The molecular formula is C17H16Br2ClN5O. The molecule has 0 saturated heterocycles. The number of hydrogen-bond donors (Lipinski definition) is 1. The molecule has 0 aliphatic heterocycles. The van der Waals surface area contributed by atoms with E-state index in [4.69, 9.17) is 11.6 Å². The first-order valence-electron chi connectivity index (χ1n) is 7.76. The fourth-order valence-corrected chi connectivity index (χ4v) is 3.23. The number of hydrogen-bond acceptors (Lipinski definition) is 3. The second-order valence-electron chi connectivity index (χ2n) is 6.23. The Labute approximate surface area is 172 Å². The number of nitrogens with one attached hydrogen (secondary N) is 1. The molecule has 0 atom stereocenters. The van der Waals surface area contributed by atoms with Crippen LogP contribution < -0.4 is 5.32 Å². The summed E-state index contributed by atoms with van der Waals surface area (Å²) in [5, 5.41) is 12.2. The zero-order chi connectivity index (χ0) is 18.9. The SMILES string of the molecule is CC(C)(C(=O)Nc1nn(Cc2ccccc2Cl)cc1Br)n1cc(Br)cn1. The van der Waals surface area contributed by atoms with Crippen molar-refractivity contribution in [2.24, 2.45) is 0 Å². The van der Waals surface area contributed by atoms with Crippen molar-refractivity contribution in [3.63, 3.8) is 0 Å². The third-order valence-electron chi connectivity index (χ3n) is 3.92. The first-order valence-corrected chi connectivity index (χ1v) is 9.72. The van der Waals surface area contributed by atoms with Crippen LogP contribution in [0.5, 0.6) is 0 Å². The van der Waals surface area contributed by atoms with Gasteiger partial charge in [-0.15, -0.1) is 0 Å². The minimum Gasteiger partial charge on any atom is -0.306 e. The predicted octanol–water partition coefficient (Wildman–Crippen LogP) is 4.68. The highest BCUT2D eigenvalue weighted by molar-refractivity contribution is 9.10. The Morgan fingerprint density at radius 2 is 2.00 bits per heavy atom. The highest BCUT2D eigenvalue weighted by Gasteiger charge is 2.31. The van der Waals surface area contributed by atoms with Crippen LogP contribution >= 0.6 is 43.5 Å². The first-order chi connectivity index (χ1) is 12.3. The Morgan fingerprint density at radius 3 is 2.65 bits per heavy atom. The molecule has 136 valence electrons. The molecule has 26 heavy (non-hydrogen) atoms. The zero-order valence-electron chi connectivity index (χ0n) is 14.1. The highest BCUT2D eigenvalue weighted by atomic mass is 79.9. The monoisotopic (exact) mass is 499 g/mol. The number of benzene rings is 1. The lowest BCUT2D eigenvalue weighted by molar-refractivity contribution is -0.123. The van der Waals surface area contributed by atoms with Gasteiger partial charge in [-0.2, -0.15) is 10.2 Å². The molecule has 9 heteroatoms. The lowest BCUT2D eigenvalue weighted by atomic mass is 10.1. The summed E-state index contributed by atoms with van der Waals surface area (Å²) in [7, 11) is 0. The standard InChI is InChI=1S/C17H16Br2ClN5O/c1-17(2,25-9-12(18)7-21-25)16(26)22-15-13(19)10-24(23-15)8-11-5-3-4-6-14(11)20/h3-7,9-10H,8H2,1-2H3,(H,22,23,26). The number of anilines is 1. The van der Waals surface area contributed by atoms with Crippen molar-refractivity contribution in [3.8, 4) is 0 Å². The summed E-state index contributed by atoms with van der Waals surface area (Å²) >= 11 is 13.0. The zero-order valence-corrected chi connectivity index (χ0v) is 18.0. The molecule has 3 aromatic rings. The summed E-state index contributed by atoms with van der Waals surface area (Å²) in [5.74, 6) is 0.221. The quantitative estimate of drug-likeness (QED) is 0.552. The van der Waals surface area contributed by atoms with E-state index in [1.165, 1.54) is 0 Å².